The highest BCUT2D eigenvalue weighted by Crippen LogP contribution is 2.22. The monoisotopic (exact) mass is 201 g/mol. The molecule has 1 heterocycles. The minimum Gasteiger partial charge on any atom is -0.294 e. The molecule has 2 nitrogen and oxygen atoms in total. The number of nitrogens with zero attached hydrogens (tertiary/aromatic N) is 1. The van der Waals surface area contributed by atoms with Crippen LogP contribution in [-0.2, 0) is 6.42 Å². The number of rotatable bonds is 2. The number of aryl methyl sites for hydroxylation is 1. The Bertz CT molecular complexity index is 419. The summed E-state index contributed by atoms with van der Waals surface area (Å²) in [6.07, 6.45) is 7.86. The Morgan fingerprint density at radius 1 is 1.47 bits per heavy atom. The van der Waals surface area contributed by atoms with E-state index < -0.39 is 0 Å². The smallest absolute Gasteiger partial charge is 0.166 e. The molecule has 1 aliphatic carbocycles. The van der Waals surface area contributed by atoms with Crippen molar-refractivity contribution in [2.45, 2.75) is 26.7 Å². The van der Waals surface area contributed by atoms with Crippen LogP contribution in [0, 0.1) is 5.92 Å². The van der Waals surface area contributed by atoms with E-state index in [4.69, 9.17) is 0 Å². The van der Waals surface area contributed by atoms with Crippen molar-refractivity contribution >= 4 is 11.9 Å². The first-order chi connectivity index (χ1) is 7.20. The van der Waals surface area contributed by atoms with E-state index in [2.05, 4.69) is 11.1 Å². The van der Waals surface area contributed by atoms with Crippen molar-refractivity contribution in [1.82, 2.24) is 4.98 Å². The third-order valence-corrected chi connectivity index (χ3v) is 2.69. The predicted octanol–water partition coefficient (Wildman–Crippen LogP) is 2.88. The summed E-state index contributed by atoms with van der Waals surface area (Å²) in [6, 6.07) is 1.83. The lowest BCUT2D eigenvalue weighted by molar-refractivity contribution is 0.0939. The minimum atomic E-state index is 0.0480. The quantitative estimate of drug-likeness (QED) is 0.689. The number of Topliss-reactive ketones (excluding diaryl/α,β-unsaturated/α-hetero) is 1. The number of carbonyl (C=O) groups is 1. The largest absolute Gasteiger partial charge is 0.294 e. The molecule has 0 saturated heterocycles. The Balaban J connectivity index is 2.50. The van der Waals surface area contributed by atoms with Gasteiger partial charge in [-0.05, 0) is 18.9 Å². The van der Waals surface area contributed by atoms with Crippen molar-refractivity contribution in [1.29, 1.82) is 0 Å². The van der Waals surface area contributed by atoms with Crippen LogP contribution in [0.15, 0.2) is 18.3 Å². The molecule has 1 aromatic heterocycles. The second-order valence-corrected chi connectivity index (χ2v) is 4.18. The Kier molecular flexibility index (Phi) is 2.67. The number of aromatic nitrogens is 1. The van der Waals surface area contributed by atoms with Gasteiger partial charge in [-0.2, -0.15) is 0 Å². The molecule has 0 amide bonds. The van der Waals surface area contributed by atoms with Crippen LogP contribution in [-0.4, -0.2) is 10.8 Å². The van der Waals surface area contributed by atoms with Gasteiger partial charge in [-0.3, -0.25) is 9.78 Å². The third-order valence-electron chi connectivity index (χ3n) is 2.69. The van der Waals surface area contributed by atoms with Crippen LogP contribution < -0.4 is 0 Å². The van der Waals surface area contributed by atoms with Crippen molar-refractivity contribution in [3.05, 3.63) is 35.2 Å². The van der Waals surface area contributed by atoms with Gasteiger partial charge in [0.25, 0.3) is 0 Å². The van der Waals surface area contributed by atoms with Gasteiger partial charge in [0.05, 0.1) is 0 Å². The second kappa shape index (κ2) is 3.97. The molecule has 0 saturated carbocycles. The number of ketones is 1. The highest BCUT2D eigenvalue weighted by molar-refractivity contribution is 6.00. The van der Waals surface area contributed by atoms with E-state index in [1.165, 1.54) is 0 Å². The standard InChI is InChI=1S/C13H15NO/c1-9(2)13(15)11-7-8-14-12-6-4-3-5-10(11)12/h3,5,7-9H,4,6H2,1-2H3. The molecule has 0 unspecified atom stereocenters. The number of hydrogen-bond donors (Lipinski definition) is 0. The summed E-state index contributed by atoms with van der Waals surface area (Å²) >= 11 is 0. The summed E-state index contributed by atoms with van der Waals surface area (Å²) in [4.78, 5) is 16.3. The molecule has 0 aromatic carbocycles. The molecule has 1 aliphatic rings. The van der Waals surface area contributed by atoms with E-state index in [0.717, 1.165) is 29.7 Å². The molecule has 0 N–H and O–H groups in total. The molecule has 0 aliphatic heterocycles. The Hall–Kier alpha value is -1.44. The third kappa shape index (κ3) is 1.84. The highest BCUT2D eigenvalue weighted by Gasteiger charge is 2.17. The van der Waals surface area contributed by atoms with E-state index >= 15 is 0 Å². The second-order valence-electron chi connectivity index (χ2n) is 4.18. The highest BCUT2D eigenvalue weighted by atomic mass is 16.1. The average Bonchev–Trinajstić information content (AvgIpc) is 2.27. The van der Waals surface area contributed by atoms with Crippen LogP contribution in [0.25, 0.3) is 6.08 Å². The van der Waals surface area contributed by atoms with Crippen molar-refractivity contribution in [3.8, 4) is 0 Å². The number of hydrogen-bond acceptors (Lipinski definition) is 2. The van der Waals surface area contributed by atoms with Crippen LogP contribution in [0.3, 0.4) is 0 Å². The maximum absolute atomic E-state index is 12.0. The van der Waals surface area contributed by atoms with Gasteiger partial charge in [-0.1, -0.05) is 26.0 Å². The molecule has 2 rings (SSSR count). The number of allylic oxidation sites excluding steroid dienone is 1. The van der Waals surface area contributed by atoms with Gasteiger partial charge in [-0.15, -0.1) is 0 Å². The van der Waals surface area contributed by atoms with E-state index in [9.17, 15) is 4.79 Å². The first-order valence-corrected chi connectivity index (χ1v) is 5.39. The van der Waals surface area contributed by atoms with E-state index in [1.807, 2.05) is 26.0 Å². The summed E-state index contributed by atoms with van der Waals surface area (Å²) in [5.41, 5.74) is 2.91. The van der Waals surface area contributed by atoms with Gasteiger partial charge < -0.3 is 0 Å². The maximum atomic E-state index is 12.0. The molecule has 0 atom stereocenters. The zero-order chi connectivity index (χ0) is 10.8. The van der Waals surface area contributed by atoms with E-state index in [1.54, 1.807) is 6.20 Å². The SMILES string of the molecule is CC(C)C(=O)c1ccnc2c1C=CCC2. The first-order valence-electron chi connectivity index (χ1n) is 5.39. The van der Waals surface area contributed by atoms with Crippen LogP contribution in [0.5, 0.6) is 0 Å². The van der Waals surface area contributed by atoms with Crippen molar-refractivity contribution in [3.63, 3.8) is 0 Å². The van der Waals surface area contributed by atoms with Gasteiger partial charge in [-0.25, -0.2) is 0 Å². The molecule has 0 bridgehead atoms. The van der Waals surface area contributed by atoms with Crippen LogP contribution in [0.4, 0.5) is 0 Å². The van der Waals surface area contributed by atoms with Gasteiger partial charge >= 0.3 is 0 Å². The van der Waals surface area contributed by atoms with E-state index in [-0.39, 0.29) is 11.7 Å². The summed E-state index contributed by atoms with van der Waals surface area (Å²) in [6.45, 7) is 3.86. The molecule has 1 aromatic rings. The zero-order valence-electron chi connectivity index (χ0n) is 9.16. The number of pyridine rings is 1. The Morgan fingerprint density at radius 3 is 3.00 bits per heavy atom. The summed E-state index contributed by atoms with van der Waals surface area (Å²) in [5, 5.41) is 0. The van der Waals surface area contributed by atoms with Crippen molar-refractivity contribution < 1.29 is 4.79 Å². The van der Waals surface area contributed by atoms with Crippen molar-refractivity contribution in [2.24, 2.45) is 5.92 Å². The van der Waals surface area contributed by atoms with Crippen LogP contribution >= 0.6 is 0 Å². The molecule has 15 heavy (non-hydrogen) atoms. The average molecular weight is 201 g/mol. The Labute approximate surface area is 90.0 Å². The molecule has 78 valence electrons. The molecule has 0 spiro atoms. The fourth-order valence-corrected chi connectivity index (χ4v) is 1.85. The molecular weight excluding hydrogens is 186 g/mol. The lowest BCUT2D eigenvalue weighted by Crippen LogP contribution is -2.12. The molecular formula is C13H15NO. The first kappa shape index (κ1) is 10.1. The molecule has 2 heteroatoms. The fraction of sp³-hybridized carbons (Fsp3) is 0.385. The summed E-state index contributed by atoms with van der Waals surface area (Å²) < 4.78 is 0. The van der Waals surface area contributed by atoms with Gasteiger partial charge in [0.1, 0.15) is 0 Å². The zero-order valence-corrected chi connectivity index (χ0v) is 9.16. The minimum absolute atomic E-state index is 0.0480. The lowest BCUT2D eigenvalue weighted by Gasteiger charge is -2.14. The number of fused-ring (bicyclic) bond motifs is 1. The molecule has 0 fully saturated rings. The normalized spacial score (nSPS) is 14.1. The van der Waals surface area contributed by atoms with Gasteiger partial charge in [0, 0.05) is 28.9 Å². The summed E-state index contributed by atoms with van der Waals surface area (Å²) in [7, 11) is 0. The molecule has 0 radical (unpaired) electrons. The number of carbonyl (C=O) groups excluding carboxylic acids is 1. The predicted molar refractivity (Wildman–Crippen MR) is 60.8 cm³/mol. The van der Waals surface area contributed by atoms with Crippen molar-refractivity contribution in [2.75, 3.05) is 0 Å². The maximum Gasteiger partial charge on any atom is 0.166 e. The fourth-order valence-electron chi connectivity index (χ4n) is 1.85. The van der Waals surface area contributed by atoms with Gasteiger partial charge in [0.2, 0.25) is 0 Å². The van der Waals surface area contributed by atoms with E-state index in [0.29, 0.717) is 0 Å². The van der Waals surface area contributed by atoms with Crippen LogP contribution in [0.2, 0.25) is 0 Å². The topological polar surface area (TPSA) is 30.0 Å². The van der Waals surface area contributed by atoms with Crippen LogP contribution in [0.1, 0.15) is 41.9 Å². The summed E-state index contributed by atoms with van der Waals surface area (Å²) in [5.74, 6) is 0.257. The lowest BCUT2D eigenvalue weighted by atomic mass is 9.92. The van der Waals surface area contributed by atoms with Gasteiger partial charge in [0.15, 0.2) is 5.78 Å². The Morgan fingerprint density at radius 2 is 2.27 bits per heavy atom.